The molecule has 6 heteroatoms. The normalized spacial score (nSPS) is 13.4. The first-order valence-corrected chi connectivity index (χ1v) is 7.70. The van der Waals surface area contributed by atoms with E-state index in [1.54, 1.807) is 7.11 Å². The monoisotopic (exact) mass is 317 g/mol. The number of nitrogens with zero attached hydrogens (tertiary/aromatic N) is 1. The second kappa shape index (κ2) is 7.78. The van der Waals surface area contributed by atoms with E-state index in [-0.39, 0.29) is 24.5 Å². The highest BCUT2D eigenvalue weighted by atomic mass is 16.5. The Hall–Kier alpha value is -2.34. The zero-order chi connectivity index (χ0) is 16.8. The molecule has 0 aliphatic rings. The van der Waals surface area contributed by atoms with Crippen molar-refractivity contribution in [2.24, 2.45) is 5.92 Å². The maximum Gasteiger partial charge on any atom is 0.255 e. The van der Waals surface area contributed by atoms with Gasteiger partial charge >= 0.3 is 0 Å². The van der Waals surface area contributed by atoms with Crippen LogP contribution in [0.25, 0.3) is 11.3 Å². The molecule has 0 saturated carbocycles. The van der Waals surface area contributed by atoms with E-state index in [2.05, 4.69) is 15.5 Å². The number of aliphatic hydroxyl groups is 1. The SMILES string of the molecule is CC[C@@H](C)[C@@H](CO)NC(=O)c1cn[nH]c1-c1ccc(OC)cc1. The third-order valence-electron chi connectivity index (χ3n) is 4.11. The lowest BCUT2D eigenvalue weighted by molar-refractivity contribution is 0.0892. The fourth-order valence-electron chi connectivity index (χ4n) is 2.33. The summed E-state index contributed by atoms with van der Waals surface area (Å²) >= 11 is 0. The summed E-state index contributed by atoms with van der Waals surface area (Å²) in [6, 6.07) is 7.11. The quantitative estimate of drug-likeness (QED) is 0.731. The molecule has 0 aliphatic heterocycles. The number of hydrogen-bond donors (Lipinski definition) is 3. The first kappa shape index (κ1) is 17.0. The van der Waals surface area contributed by atoms with Crippen LogP contribution in [-0.2, 0) is 0 Å². The highest BCUT2D eigenvalue weighted by Crippen LogP contribution is 2.24. The Balaban J connectivity index is 2.20. The zero-order valence-corrected chi connectivity index (χ0v) is 13.7. The summed E-state index contributed by atoms with van der Waals surface area (Å²) in [5.41, 5.74) is 1.94. The van der Waals surface area contributed by atoms with E-state index in [9.17, 15) is 9.90 Å². The number of carbonyl (C=O) groups is 1. The molecule has 0 saturated heterocycles. The van der Waals surface area contributed by atoms with Crippen molar-refractivity contribution >= 4 is 5.91 Å². The van der Waals surface area contributed by atoms with Gasteiger partial charge in [-0.3, -0.25) is 9.89 Å². The maximum absolute atomic E-state index is 12.5. The van der Waals surface area contributed by atoms with E-state index in [1.165, 1.54) is 6.20 Å². The van der Waals surface area contributed by atoms with Crippen molar-refractivity contribution in [2.45, 2.75) is 26.3 Å². The van der Waals surface area contributed by atoms with Gasteiger partial charge in [0.15, 0.2) is 0 Å². The average Bonchev–Trinajstić information content (AvgIpc) is 3.08. The first-order chi connectivity index (χ1) is 11.1. The minimum atomic E-state index is -0.272. The van der Waals surface area contributed by atoms with Gasteiger partial charge in [0.2, 0.25) is 0 Å². The fraction of sp³-hybridized carbons (Fsp3) is 0.412. The van der Waals surface area contributed by atoms with Crippen LogP contribution in [-0.4, -0.2) is 41.0 Å². The summed E-state index contributed by atoms with van der Waals surface area (Å²) in [5.74, 6) is 0.695. The molecule has 2 rings (SSSR count). The number of aliphatic hydroxyl groups excluding tert-OH is 1. The minimum absolute atomic E-state index is 0.0868. The van der Waals surface area contributed by atoms with Crippen LogP contribution in [0.2, 0.25) is 0 Å². The molecular formula is C17H23N3O3. The second-order valence-corrected chi connectivity index (χ2v) is 5.54. The fourth-order valence-corrected chi connectivity index (χ4v) is 2.33. The predicted molar refractivity (Wildman–Crippen MR) is 88.4 cm³/mol. The predicted octanol–water partition coefficient (Wildman–Crippen LogP) is 2.22. The molecule has 23 heavy (non-hydrogen) atoms. The summed E-state index contributed by atoms with van der Waals surface area (Å²) in [5, 5.41) is 19.2. The maximum atomic E-state index is 12.5. The lowest BCUT2D eigenvalue weighted by atomic mass is 9.99. The van der Waals surface area contributed by atoms with E-state index in [0.29, 0.717) is 11.3 Å². The number of hydrogen-bond acceptors (Lipinski definition) is 4. The van der Waals surface area contributed by atoms with Gasteiger partial charge in [-0.2, -0.15) is 5.10 Å². The molecule has 6 nitrogen and oxygen atoms in total. The summed E-state index contributed by atoms with van der Waals surface area (Å²) in [6.45, 7) is 3.94. The summed E-state index contributed by atoms with van der Waals surface area (Å²) in [6.07, 6.45) is 2.38. The third kappa shape index (κ3) is 3.90. The smallest absolute Gasteiger partial charge is 0.255 e. The van der Waals surface area contributed by atoms with Gasteiger partial charge in [-0.05, 0) is 30.2 Å². The van der Waals surface area contributed by atoms with Crippen LogP contribution >= 0.6 is 0 Å². The molecule has 0 spiro atoms. The molecule has 0 aliphatic carbocycles. The van der Waals surface area contributed by atoms with Crippen LogP contribution in [0.1, 0.15) is 30.6 Å². The summed E-state index contributed by atoms with van der Waals surface area (Å²) in [4.78, 5) is 12.5. The van der Waals surface area contributed by atoms with E-state index < -0.39 is 0 Å². The number of benzene rings is 1. The van der Waals surface area contributed by atoms with Gasteiger partial charge in [-0.25, -0.2) is 0 Å². The number of carbonyl (C=O) groups excluding carboxylic acids is 1. The molecule has 2 atom stereocenters. The van der Waals surface area contributed by atoms with Crippen molar-refractivity contribution in [2.75, 3.05) is 13.7 Å². The Morgan fingerprint density at radius 1 is 1.39 bits per heavy atom. The number of rotatable bonds is 7. The Kier molecular flexibility index (Phi) is 5.76. The molecule has 0 unspecified atom stereocenters. The lowest BCUT2D eigenvalue weighted by Crippen LogP contribution is -2.41. The Labute approximate surface area is 135 Å². The van der Waals surface area contributed by atoms with Crippen molar-refractivity contribution in [3.05, 3.63) is 36.0 Å². The van der Waals surface area contributed by atoms with E-state index in [4.69, 9.17) is 4.74 Å². The summed E-state index contributed by atoms with van der Waals surface area (Å²) < 4.78 is 5.14. The van der Waals surface area contributed by atoms with Crippen LogP contribution < -0.4 is 10.1 Å². The number of nitrogens with one attached hydrogen (secondary N) is 2. The molecular weight excluding hydrogens is 294 g/mol. The van der Waals surface area contributed by atoms with Crippen molar-refractivity contribution < 1.29 is 14.6 Å². The Morgan fingerprint density at radius 2 is 2.09 bits per heavy atom. The van der Waals surface area contributed by atoms with Gasteiger partial charge in [-0.15, -0.1) is 0 Å². The van der Waals surface area contributed by atoms with Crippen molar-refractivity contribution in [1.82, 2.24) is 15.5 Å². The highest BCUT2D eigenvalue weighted by Gasteiger charge is 2.21. The van der Waals surface area contributed by atoms with Crippen molar-refractivity contribution in [3.8, 4) is 17.0 Å². The molecule has 1 amide bonds. The highest BCUT2D eigenvalue weighted by molar-refractivity contribution is 5.99. The molecule has 124 valence electrons. The van der Waals surface area contributed by atoms with E-state index in [0.717, 1.165) is 17.7 Å². The van der Waals surface area contributed by atoms with Crippen LogP contribution in [0.15, 0.2) is 30.5 Å². The van der Waals surface area contributed by atoms with Crippen LogP contribution in [0.3, 0.4) is 0 Å². The number of amides is 1. The molecule has 0 radical (unpaired) electrons. The lowest BCUT2D eigenvalue weighted by Gasteiger charge is -2.22. The molecule has 2 aromatic rings. The Bertz CT molecular complexity index is 637. The number of methoxy groups -OCH3 is 1. The first-order valence-electron chi connectivity index (χ1n) is 7.70. The van der Waals surface area contributed by atoms with Gasteiger partial charge in [0.05, 0.1) is 37.2 Å². The number of H-pyrrole nitrogens is 1. The molecule has 0 fully saturated rings. The molecule has 1 aromatic heterocycles. The molecule has 3 N–H and O–H groups in total. The topological polar surface area (TPSA) is 87.2 Å². The van der Waals surface area contributed by atoms with E-state index >= 15 is 0 Å². The summed E-state index contributed by atoms with van der Waals surface area (Å²) in [7, 11) is 1.61. The van der Waals surface area contributed by atoms with Gasteiger partial charge in [0.1, 0.15) is 5.75 Å². The number of ether oxygens (including phenoxy) is 1. The van der Waals surface area contributed by atoms with Gasteiger partial charge < -0.3 is 15.2 Å². The average molecular weight is 317 g/mol. The largest absolute Gasteiger partial charge is 0.497 e. The van der Waals surface area contributed by atoms with Gasteiger partial charge in [0, 0.05) is 5.56 Å². The van der Waals surface area contributed by atoms with Crippen molar-refractivity contribution in [3.63, 3.8) is 0 Å². The molecule has 0 bridgehead atoms. The van der Waals surface area contributed by atoms with Crippen LogP contribution in [0.5, 0.6) is 5.75 Å². The molecule has 1 aromatic carbocycles. The Morgan fingerprint density at radius 3 is 2.65 bits per heavy atom. The standard InChI is InChI=1S/C17H23N3O3/c1-4-11(2)15(10-21)19-17(22)14-9-18-20-16(14)12-5-7-13(23-3)8-6-12/h5-9,11,15,21H,4,10H2,1-3H3,(H,18,20)(H,19,22)/t11-,15-/m1/s1. The second-order valence-electron chi connectivity index (χ2n) is 5.54. The van der Waals surface area contributed by atoms with Gasteiger partial charge in [-0.1, -0.05) is 20.3 Å². The number of aromatic nitrogens is 2. The van der Waals surface area contributed by atoms with Gasteiger partial charge in [0.25, 0.3) is 5.91 Å². The van der Waals surface area contributed by atoms with Crippen LogP contribution in [0.4, 0.5) is 0 Å². The third-order valence-corrected chi connectivity index (χ3v) is 4.11. The zero-order valence-electron chi connectivity index (χ0n) is 13.7. The van der Waals surface area contributed by atoms with Crippen molar-refractivity contribution in [1.29, 1.82) is 0 Å². The van der Waals surface area contributed by atoms with E-state index in [1.807, 2.05) is 38.1 Å². The number of aromatic amines is 1. The minimum Gasteiger partial charge on any atom is -0.497 e. The van der Waals surface area contributed by atoms with Crippen LogP contribution in [0, 0.1) is 5.92 Å². The molecule has 1 heterocycles.